The summed E-state index contributed by atoms with van der Waals surface area (Å²) in [6, 6.07) is 20.6. The van der Waals surface area contributed by atoms with Crippen molar-refractivity contribution in [3.8, 4) is 11.1 Å². The quantitative estimate of drug-likeness (QED) is 0.390. The fourth-order valence-corrected chi connectivity index (χ4v) is 6.41. The molecule has 0 fully saturated rings. The van der Waals surface area contributed by atoms with E-state index in [0.717, 1.165) is 39.8 Å². The van der Waals surface area contributed by atoms with E-state index in [4.69, 9.17) is 0 Å². The summed E-state index contributed by atoms with van der Waals surface area (Å²) in [5.74, 6) is -0.367. The molecule has 5 rings (SSSR count). The van der Waals surface area contributed by atoms with Crippen molar-refractivity contribution in [3.05, 3.63) is 94.0 Å². The van der Waals surface area contributed by atoms with Gasteiger partial charge in [0.1, 0.15) is 0 Å². The Labute approximate surface area is 207 Å². The van der Waals surface area contributed by atoms with Crippen molar-refractivity contribution in [1.29, 1.82) is 0 Å². The van der Waals surface area contributed by atoms with Gasteiger partial charge >= 0.3 is 0 Å². The van der Waals surface area contributed by atoms with E-state index in [-0.39, 0.29) is 17.6 Å². The van der Waals surface area contributed by atoms with Crippen molar-refractivity contribution < 1.29 is 9.59 Å². The number of nitrogens with one attached hydrogen (secondary N) is 3. The number of rotatable bonds is 5. The molecule has 2 atom stereocenters. The average Bonchev–Trinajstić information content (AvgIpc) is 2.89. The van der Waals surface area contributed by atoms with E-state index in [0.29, 0.717) is 12.0 Å². The van der Waals surface area contributed by atoms with Crippen LogP contribution in [-0.2, 0) is 16.6 Å². The van der Waals surface area contributed by atoms with Crippen LogP contribution >= 0.6 is 0 Å². The first-order chi connectivity index (χ1) is 16.9. The van der Waals surface area contributed by atoms with Gasteiger partial charge in [-0.05, 0) is 74.3 Å². The Balaban J connectivity index is 1.94. The van der Waals surface area contributed by atoms with Gasteiger partial charge in [-0.3, -0.25) is 20.2 Å². The first-order valence-electron chi connectivity index (χ1n) is 12.4. The lowest BCUT2D eigenvalue weighted by molar-refractivity contribution is -0.129. The van der Waals surface area contributed by atoms with Crippen molar-refractivity contribution >= 4 is 11.6 Å². The Kier molecular flexibility index (Phi) is 5.75. The van der Waals surface area contributed by atoms with E-state index in [1.165, 1.54) is 5.56 Å². The number of carbonyl (C=O) groups is 2. The van der Waals surface area contributed by atoms with Gasteiger partial charge in [0.2, 0.25) is 5.78 Å². The van der Waals surface area contributed by atoms with Crippen LogP contribution in [0.25, 0.3) is 11.1 Å². The maximum Gasteiger partial charge on any atom is 0.206 e. The Morgan fingerprint density at radius 1 is 0.914 bits per heavy atom. The number of hydrogen-bond acceptors (Lipinski definition) is 5. The molecule has 2 aliphatic rings. The third kappa shape index (κ3) is 3.05. The van der Waals surface area contributed by atoms with Crippen LogP contribution in [0.1, 0.15) is 57.6 Å². The minimum absolute atomic E-state index is 0.0366. The van der Waals surface area contributed by atoms with Gasteiger partial charge in [0.15, 0.2) is 11.4 Å². The van der Waals surface area contributed by atoms with Gasteiger partial charge in [0.25, 0.3) is 0 Å². The molecule has 0 aromatic heterocycles. The largest absolute Gasteiger partial charge is 0.313 e. The van der Waals surface area contributed by atoms with Crippen molar-refractivity contribution in [2.24, 2.45) is 0 Å². The maximum atomic E-state index is 14.5. The SMILES string of the molecule is CCC1(c2cccc(C)c2)C(=O)C(NC)(NC)C(=O)c2c1ccc1c2C(NC)Cc2ccccc2-1. The van der Waals surface area contributed by atoms with Crippen molar-refractivity contribution in [2.75, 3.05) is 21.1 Å². The first kappa shape index (κ1) is 23.6. The molecule has 0 saturated heterocycles. The molecule has 2 aliphatic carbocycles. The Bertz CT molecular complexity index is 1340. The molecule has 0 bridgehead atoms. The van der Waals surface area contributed by atoms with Crippen LogP contribution in [0, 0.1) is 6.92 Å². The fourth-order valence-electron chi connectivity index (χ4n) is 6.41. The van der Waals surface area contributed by atoms with E-state index in [1.807, 2.05) is 51.2 Å². The number of hydrogen-bond donors (Lipinski definition) is 3. The predicted molar refractivity (Wildman–Crippen MR) is 140 cm³/mol. The predicted octanol–water partition coefficient (Wildman–Crippen LogP) is 4.08. The summed E-state index contributed by atoms with van der Waals surface area (Å²) in [5.41, 5.74) is 5.44. The molecule has 35 heavy (non-hydrogen) atoms. The third-order valence-electron chi connectivity index (χ3n) is 8.22. The Hall–Kier alpha value is -3.12. The van der Waals surface area contributed by atoms with Gasteiger partial charge < -0.3 is 5.32 Å². The summed E-state index contributed by atoms with van der Waals surface area (Å²) in [4.78, 5) is 28.9. The molecule has 0 saturated carbocycles. The number of ketones is 2. The second kappa shape index (κ2) is 8.52. The lowest BCUT2D eigenvalue weighted by Gasteiger charge is -2.47. The van der Waals surface area contributed by atoms with Crippen LogP contribution in [-0.4, -0.2) is 38.4 Å². The molecule has 0 amide bonds. The molecule has 3 aromatic carbocycles. The maximum absolute atomic E-state index is 14.5. The Morgan fingerprint density at radius 2 is 1.66 bits per heavy atom. The standard InChI is InChI=1S/C30H33N3O2/c1-6-29(20-12-9-10-18(2)16-20)23-15-14-22-21-13-8-7-11-19(21)17-24(31-3)25(22)26(23)27(34)30(32-4,33-5)28(29)35/h7-16,24,31-33H,6,17H2,1-5H3. The van der Waals surface area contributed by atoms with Gasteiger partial charge in [-0.15, -0.1) is 0 Å². The van der Waals surface area contributed by atoms with E-state index in [2.05, 4.69) is 46.3 Å². The number of benzene rings is 3. The molecular formula is C30H33N3O2. The van der Waals surface area contributed by atoms with Crippen LogP contribution in [0.4, 0.5) is 0 Å². The summed E-state index contributed by atoms with van der Waals surface area (Å²) < 4.78 is 0. The second-order valence-corrected chi connectivity index (χ2v) is 9.69. The fraction of sp³-hybridized carbons (Fsp3) is 0.333. The zero-order valence-corrected chi connectivity index (χ0v) is 21.1. The number of aryl methyl sites for hydroxylation is 1. The highest BCUT2D eigenvalue weighted by molar-refractivity contribution is 6.27. The monoisotopic (exact) mass is 467 g/mol. The van der Waals surface area contributed by atoms with Gasteiger partial charge in [-0.1, -0.05) is 73.2 Å². The summed E-state index contributed by atoms with van der Waals surface area (Å²) in [6.07, 6.45) is 1.33. The molecule has 0 aliphatic heterocycles. The van der Waals surface area contributed by atoms with Crippen molar-refractivity contribution in [2.45, 2.75) is 43.8 Å². The minimum Gasteiger partial charge on any atom is -0.313 e. The number of fused-ring (bicyclic) bond motifs is 5. The van der Waals surface area contributed by atoms with E-state index in [1.54, 1.807) is 14.1 Å². The van der Waals surface area contributed by atoms with E-state index >= 15 is 0 Å². The molecule has 3 aromatic rings. The van der Waals surface area contributed by atoms with Crippen LogP contribution in [0.15, 0.2) is 60.7 Å². The molecule has 3 N–H and O–H groups in total. The lowest BCUT2D eigenvalue weighted by Crippen LogP contribution is -2.72. The zero-order valence-electron chi connectivity index (χ0n) is 21.1. The molecule has 0 heterocycles. The Morgan fingerprint density at radius 3 is 2.31 bits per heavy atom. The smallest absolute Gasteiger partial charge is 0.206 e. The molecular weight excluding hydrogens is 434 g/mol. The highest BCUT2D eigenvalue weighted by Crippen LogP contribution is 2.50. The number of carbonyl (C=O) groups excluding carboxylic acids is 2. The zero-order chi connectivity index (χ0) is 25.0. The molecule has 180 valence electrons. The minimum atomic E-state index is -1.52. The van der Waals surface area contributed by atoms with Crippen LogP contribution in [0.3, 0.4) is 0 Å². The van der Waals surface area contributed by atoms with Crippen LogP contribution in [0.2, 0.25) is 0 Å². The first-order valence-corrected chi connectivity index (χ1v) is 12.4. The molecule has 5 nitrogen and oxygen atoms in total. The second-order valence-electron chi connectivity index (χ2n) is 9.69. The average molecular weight is 468 g/mol. The van der Waals surface area contributed by atoms with Gasteiger partial charge in [0.05, 0.1) is 5.41 Å². The van der Waals surface area contributed by atoms with Crippen LogP contribution in [0.5, 0.6) is 0 Å². The van der Waals surface area contributed by atoms with E-state index in [9.17, 15) is 9.59 Å². The third-order valence-corrected chi connectivity index (χ3v) is 8.22. The summed E-state index contributed by atoms with van der Waals surface area (Å²) in [5, 5.41) is 9.68. The highest BCUT2D eigenvalue weighted by Gasteiger charge is 2.60. The van der Waals surface area contributed by atoms with Crippen molar-refractivity contribution in [3.63, 3.8) is 0 Å². The molecule has 5 heteroatoms. The number of likely N-dealkylation sites (N-methyl/N-ethyl adjacent to an activating group) is 3. The molecule has 2 unspecified atom stereocenters. The highest BCUT2D eigenvalue weighted by atomic mass is 16.2. The molecule has 0 spiro atoms. The normalized spacial score (nSPS) is 22.4. The summed E-state index contributed by atoms with van der Waals surface area (Å²) in [7, 11) is 5.32. The van der Waals surface area contributed by atoms with Gasteiger partial charge in [-0.2, -0.15) is 0 Å². The number of Topliss-reactive ketones (excluding diaryl/α,β-unsaturated/α-hetero) is 2. The van der Waals surface area contributed by atoms with E-state index < -0.39 is 11.1 Å². The van der Waals surface area contributed by atoms with Gasteiger partial charge in [0, 0.05) is 11.6 Å². The summed E-state index contributed by atoms with van der Waals surface area (Å²) in [6.45, 7) is 4.08. The summed E-state index contributed by atoms with van der Waals surface area (Å²) >= 11 is 0. The van der Waals surface area contributed by atoms with Gasteiger partial charge in [-0.25, -0.2) is 0 Å². The van der Waals surface area contributed by atoms with Crippen LogP contribution < -0.4 is 16.0 Å². The van der Waals surface area contributed by atoms with Crippen molar-refractivity contribution in [1.82, 2.24) is 16.0 Å². The topological polar surface area (TPSA) is 70.2 Å². The lowest BCUT2D eigenvalue weighted by atomic mass is 9.58. The molecule has 0 radical (unpaired) electrons.